The van der Waals surface area contributed by atoms with Crippen LogP contribution in [0, 0.1) is 0 Å². The highest BCUT2D eigenvalue weighted by Crippen LogP contribution is 2.21. The third kappa shape index (κ3) is 2.96. The fourth-order valence-corrected chi connectivity index (χ4v) is 2.19. The summed E-state index contributed by atoms with van der Waals surface area (Å²) in [6.07, 6.45) is 0. The van der Waals surface area contributed by atoms with Crippen LogP contribution in [0.25, 0.3) is 0 Å². The Kier molecular flexibility index (Phi) is 4.11. The van der Waals surface area contributed by atoms with Gasteiger partial charge in [0.2, 0.25) is 11.8 Å². The highest BCUT2D eigenvalue weighted by atomic mass is 16.5. The number of rotatable bonds is 4. The smallest absolute Gasteiger partial charge is 0.326 e. The lowest BCUT2D eigenvalue weighted by atomic mass is 10.2. The van der Waals surface area contributed by atoms with Crippen molar-refractivity contribution in [2.45, 2.75) is 13.0 Å². The van der Waals surface area contributed by atoms with Crippen LogP contribution >= 0.6 is 0 Å². The minimum Gasteiger partial charge on any atom is -0.497 e. The molecule has 7 heteroatoms. The average molecular weight is 292 g/mol. The Bertz CT molecular complexity index is 551. The molecule has 1 N–H and O–H groups in total. The van der Waals surface area contributed by atoms with E-state index in [1.165, 1.54) is 6.92 Å². The van der Waals surface area contributed by atoms with E-state index >= 15 is 0 Å². The number of nitrogens with zero attached hydrogens (tertiary/aromatic N) is 2. The van der Waals surface area contributed by atoms with Gasteiger partial charge < -0.3 is 14.7 Å². The van der Waals surface area contributed by atoms with Gasteiger partial charge in [0.15, 0.2) is 0 Å². The van der Waals surface area contributed by atoms with Gasteiger partial charge in [0.1, 0.15) is 11.8 Å². The molecule has 0 spiro atoms. The zero-order valence-corrected chi connectivity index (χ0v) is 11.8. The molecule has 1 unspecified atom stereocenters. The third-order valence-electron chi connectivity index (χ3n) is 3.37. The molecule has 21 heavy (non-hydrogen) atoms. The number of aliphatic carboxylic acids is 1. The number of anilines is 1. The lowest BCUT2D eigenvalue weighted by Crippen LogP contribution is -2.58. The number of carbonyl (C=O) groups excluding carboxylic acids is 2. The van der Waals surface area contributed by atoms with Crippen molar-refractivity contribution in [1.29, 1.82) is 0 Å². The minimum atomic E-state index is -1.20. The summed E-state index contributed by atoms with van der Waals surface area (Å²) in [6.45, 7) is 1.26. The molecule has 0 aromatic heterocycles. The number of carbonyl (C=O) groups is 3. The molecule has 1 aromatic rings. The molecule has 1 aliphatic rings. The van der Waals surface area contributed by atoms with Crippen LogP contribution in [0.15, 0.2) is 24.3 Å². The van der Waals surface area contributed by atoms with E-state index in [1.807, 2.05) is 0 Å². The summed E-state index contributed by atoms with van der Waals surface area (Å²) in [6, 6.07) is 5.81. The number of hydrogen-bond acceptors (Lipinski definition) is 5. The van der Waals surface area contributed by atoms with Gasteiger partial charge in [-0.2, -0.15) is 0 Å². The van der Waals surface area contributed by atoms with Gasteiger partial charge in [-0.25, -0.2) is 4.79 Å². The Morgan fingerprint density at radius 3 is 2.14 bits per heavy atom. The molecule has 1 heterocycles. The normalized spacial score (nSPS) is 16.9. The van der Waals surface area contributed by atoms with Crippen molar-refractivity contribution < 1.29 is 24.2 Å². The number of piperazine rings is 1. The number of benzene rings is 1. The van der Waals surface area contributed by atoms with Gasteiger partial charge in [-0.15, -0.1) is 0 Å². The zero-order chi connectivity index (χ0) is 15.6. The zero-order valence-electron chi connectivity index (χ0n) is 11.8. The number of imide groups is 1. The molecule has 7 nitrogen and oxygen atoms in total. The summed E-state index contributed by atoms with van der Waals surface area (Å²) < 4.78 is 5.05. The van der Waals surface area contributed by atoms with E-state index in [0.717, 1.165) is 4.90 Å². The second kappa shape index (κ2) is 5.82. The van der Waals surface area contributed by atoms with Gasteiger partial charge in [-0.05, 0) is 31.2 Å². The van der Waals surface area contributed by atoms with E-state index in [0.29, 0.717) is 11.4 Å². The molecule has 1 aliphatic heterocycles. The van der Waals surface area contributed by atoms with E-state index in [2.05, 4.69) is 0 Å². The summed E-state index contributed by atoms with van der Waals surface area (Å²) in [5.74, 6) is -1.56. The largest absolute Gasteiger partial charge is 0.497 e. The molecule has 112 valence electrons. The molecule has 0 bridgehead atoms. The van der Waals surface area contributed by atoms with Crippen molar-refractivity contribution in [3.8, 4) is 5.75 Å². The van der Waals surface area contributed by atoms with E-state index in [-0.39, 0.29) is 13.1 Å². The molecule has 0 radical (unpaired) electrons. The van der Waals surface area contributed by atoms with Gasteiger partial charge in [-0.3, -0.25) is 14.5 Å². The maximum absolute atomic E-state index is 12.0. The van der Waals surface area contributed by atoms with E-state index < -0.39 is 23.8 Å². The van der Waals surface area contributed by atoms with Crippen LogP contribution in [-0.2, 0) is 14.4 Å². The van der Waals surface area contributed by atoms with Crippen LogP contribution < -0.4 is 9.64 Å². The molecule has 1 atom stereocenters. The summed E-state index contributed by atoms with van der Waals surface area (Å²) in [5.41, 5.74) is 0.708. The summed E-state index contributed by atoms with van der Waals surface area (Å²) >= 11 is 0. The highest BCUT2D eigenvalue weighted by Gasteiger charge is 2.37. The maximum atomic E-state index is 12.0. The molecular weight excluding hydrogens is 276 g/mol. The lowest BCUT2D eigenvalue weighted by molar-refractivity contribution is -0.157. The lowest BCUT2D eigenvalue weighted by Gasteiger charge is -2.35. The summed E-state index contributed by atoms with van der Waals surface area (Å²) in [7, 11) is 1.55. The number of amides is 2. The first-order valence-corrected chi connectivity index (χ1v) is 6.40. The Morgan fingerprint density at radius 1 is 1.19 bits per heavy atom. The fraction of sp³-hybridized carbons (Fsp3) is 0.357. The second-order valence-electron chi connectivity index (χ2n) is 4.73. The molecule has 2 amide bonds. The van der Waals surface area contributed by atoms with Crippen LogP contribution in [-0.4, -0.2) is 54.0 Å². The predicted molar refractivity (Wildman–Crippen MR) is 74.2 cm³/mol. The first-order chi connectivity index (χ1) is 9.93. The van der Waals surface area contributed by atoms with Crippen LogP contribution in [0.2, 0.25) is 0 Å². The first-order valence-electron chi connectivity index (χ1n) is 6.40. The Balaban J connectivity index is 2.15. The SMILES string of the molecule is COc1ccc(N2CC(=O)N(C(C)C(=O)O)C(=O)C2)cc1. The van der Waals surface area contributed by atoms with Gasteiger partial charge in [-0.1, -0.05) is 0 Å². The number of hydrogen-bond donors (Lipinski definition) is 1. The Morgan fingerprint density at radius 2 is 1.71 bits per heavy atom. The quantitative estimate of drug-likeness (QED) is 0.805. The molecular formula is C14H16N2O5. The third-order valence-corrected chi connectivity index (χ3v) is 3.37. The van der Waals surface area contributed by atoms with E-state index in [1.54, 1.807) is 36.3 Å². The fourth-order valence-electron chi connectivity index (χ4n) is 2.19. The van der Waals surface area contributed by atoms with Crippen molar-refractivity contribution in [1.82, 2.24) is 4.90 Å². The number of methoxy groups -OCH3 is 1. The van der Waals surface area contributed by atoms with Crippen molar-refractivity contribution >= 4 is 23.5 Å². The highest BCUT2D eigenvalue weighted by molar-refractivity contribution is 6.05. The maximum Gasteiger partial charge on any atom is 0.326 e. The summed E-state index contributed by atoms with van der Waals surface area (Å²) in [4.78, 5) is 37.4. The van der Waals surface area contributed by atoms with E-state index in [9.17, 15) is 14.4 Å². The topological polar surface area (TPSA) is 87.2 Å². The molecule has 2 rings (SSSR count). The molecule has 1 aromatic carbocycles. The van der Waals surface area contributed by atoms with Gasteiger partial charge in [0, 0.05) is 5.69 Å². The van der Waals surface area contributed by atoms with Crippen LogP contribution in [0.3, 0.4) is 0 Å². The van der Waals surface area contributed by atoms with Gasteiger partial charge >= 0.3 is 5.97 Å². The summed E-state index contributed by atoms with van der Waals surface area (Å²) in [5, 5.41) is 8.94. The van der Waals surface area contributed by atoms with Crippen molar-refractivity contribution in [3.63, 3.8) is 0 Å². The van der Waals surface area contributed by atoms with Crippen molar-refractivity contribution in [2.24, 2.45) is 0 Å². The number of ether oxygens (including phenoxy) is 1. The standard InChI is InChI=1S/C14H16N2O5/c1-9(14(19)20)16-12(17)7-15(8-13(16)18)10-3-5-11(21-2)6-4-10/h3-6,9H,7-8H2,1-2H3,(H,19,20). The minimum absolute atomic E-state index is 0.0321. The monoisotopic (exact) mass is 292 g/mol. The predicted octanol–water partition coefficient (Wildman–Crippen LogP) is 0.343. The van der Waals surface area contributed by atoms with Crippen LogP contribution in [0.1, 0.15) is 6.92 Å². The Hall–Kier alpha value is -2.57. The van der Waals surface area contributed by atoms with Gasteiger partial charge in [0.25, 0.3) is 0 Å². The number of carboxylic acids is 1. The first kappa shape index (κ1) is 14.8. The molecule has 1 fully saturated rings. The van der Waals surface area contributed by atoms with Crippen LogP contribution in [0.5, 0.6) is 5.75 Å². The molecule has 1 saturated heterocycles. The number of carboxylic acid groups (broad SMARTS) is 1. The Labute approximate surface area is 121 Å². The van der Waals surface area contributed by atoms with E-state index in [4.69, 9.17) is 9.84 Å². The van der Waals surface area contributed by atoms with Gasteiger partial charge in [0.05, 0.1) is 20.2 Å². The van der Waals surface area contributed by atoms with Crippen LogP contribution in [0.4, 0.5) is 5.69 Å². The van der Waals surface area contributed by atoms with Crippen molar-refractivity contribution in [3.05, 3.63) is 24.3 Å². The molecule has 0 saturated carbocycles. The average Bonchev–Trinajstić information content (AvgIpc) is 2.46. The van der Waals surface area contributed by atoms with Crippen molar-refractivity contribution in [2.75, 3.05) is 25.1 Å². The molecule has 0 aliphatic carbocycles. The second-order valence-corrected chi connectivity index (χ2v) is 4.73.